The van der Waals surface area contributed by atoms with Crippen molar-refractivity contribution in [3.63, 3.8) is 0 Å². The van der Waals surface area contributed by atoms with Gasteiger partial charge >= 0.3 is 0 Å². The second kappa shape index (κ2) is 11.5. The van der Waals surface area contributed by atoms with Crippen molar-refractivity contribution in [1.29, 1.82) is 0 Å². The molecule has 37 heavy (non-hydrogen) atoms. The summed E-state index contributed by atoms with van der Waals surface area (Å²) >= 11 is 6.39. The van der Waals surface area contributed by atoms with Crippen molar-refractivity contribution >= 4 is 11.6 Å². The summed E-state index contributed by atoms with van der Waals surface area (Å²) in [4.78, 5) is 8.82. The van der Waals surface area contributed by atoms with Gasteiger partial charge in [-0.2, -0.15) is 0 Å². The van der Waals surface area contributed by atoms with Gasteiger partial charge in [0.2, 0.25) is 0 Å². The van der Waals surface area contributed by atoms with Gasteiger partial charge in [0.1, 0.15) is 0 Å². The normalized spacial score (nSPS) is 15.8. The topological polar surface area (TPSA) is 25.8 Å². The third-order valence-corrected chi connectivity index (χ3v) is 6.16. The van der Waals surface area contributed by atoms with Gasteiger partial charge in [0.05, 0.1) is 11.4 Å². The first-order chi connectivity index (χ1) is 21.1. The standard InChI is InChI=1S/C34H31ClN2/c1-24-17-33(28-9-5-3-6-10-28)36-22-30(24)15-13-26-19-27(21-32(35)20-26)14-16-31-23-37-34(18-25(31)2)29-11-7-4-8-12-29/h3-12,17-23H,13-16H2,1-2H3/i13D2,14D2,15D2,16D2. The van der Waals surface area contributed by atoms with Crippen molar-refractivity contribution in [2.45, 2.75) is 39.3 Å². The van der Waals surface area contributed by atoms with Gasteiger partial charge in [-0.05, 0) is 97.0 Å². The summed E-state index contributed by atoms with van der Waals surface area (Å²) in [5.74, 6) is 0. The highest BCUT2D eigenvalue weighted by atomic mass is 35.5. The first-order valence-corrected chi connectivity index (χ1v) is 12.3. The molecule has 2 aromatic heterocycles. The van der Waals surface area contributed by atoms with E-state index >= 15 is 0 Å². The van der Waals surface area contributed by atoms with Gasteiger partial charge < -0.3 is 0 Å². The number of nitrogens with zero attached hydrogens (tertiary/aromatic N) is 2. The molecule has 0 fully saturated rings. The SMILES string of the molecule is [2H]C([2H])(c1cc(Cl)cc(C([2H])([2H])C([2H])([2H])c2cnc(-c3ccccc3)cc2C)c1)C([2H])([2H])c1cnc(-c2ccccc2)cc1C. The van der Waals surface area contributed by atoms with Crippen LogP contribution >= 0.6 is 11.6 Å². The van der Waals surface area contributed by atoms with E-state index < -0.39 is 25.5 Å². The lowest BCUT2D eigenvalue weighted by Crippen LogP contribution is -2.00. The molecule has 184 valence electrons. The molecule has 3 aromatic carbocycles. The third kappa shape index (κ3) is 6.34. The number of hydrogen-bond acceptors (Lipinski definition) is 2. The van der Waals surface area contributed by atoms with Crippen molar-refractivity contribution < 1.29 is 11.0 Å². The maximum Gasteiger partial charge on any atom is 0.0704 e. The van der Waals surface area contributed by atoms with E-state index in [1.165, 1.54) is 24.5 Å². The molecule has 0 unspecified atom stereocenters. The Morgan fingerprint density at radius 2 is 1.03 bits per heavy atom. The molecular weight excluding hydrogens is 472 g/mol. The molecule has 0 aliphatic rings. The Labute approximate surface area is 236 Å². The summed E-state index contributed by atoms with van der Waals surface area (Å²) in [7, 11) is 0. The van der Waals surface area contributed by atoms with E-state index in [-0.39, 0.29) is 27.3 Å². The molecule has 5 rings (SSSR count). The Morgan fingerprint density at radius 1 is 0.595 bits per heavy atom. The summed E-state index contributed by atoms with van der Waals surface area (Å²) in [5.41, 5.74) is 3.52. The van der Waals surface area contributed by atoms with Crippen molar-refractivity contribution in [1.82, 2.24) is 9.97 Å². The van der Waals surface area contributed by atoms with Crippen LogP contribution in [0.25, 0.3) is 22.5 Å². The smallest absolute Gasteiger partial charge is 0.0704 e. The van der Waals surface area contributed by atoms with Crippen LogP contribution in [0.5, 0.6) is 0 Å². The maximum atomic E-state index is 8.96. The molecule has 0 atom stereocenters. The number of hydrogen-bond donors (Lipinski definition) is 0. The second-order valence-electron chi connectivity index (χ2n) is 8.73. The van der Waals surface area contributed by atoms with Gasteiger partial charge in [0, 0.05) is 39.5 Å². The fourth-order valence-electron chi connectivity index (χ4n) is 3.92. The zero-order valence-corrected chi connectivity index (χ0v) is 21.3. The fraction of sp³-hybridized carbons (Fsp3) is 0.176. The fourth-order valence-corrected chi connectivity index (χ4v) is 4.16. The van der Waals surface area contributed by atoms with Crippen molar-refractivity contribution in [2.24, 2.45) is 0 Å². The van der Waals surface area contributed by atoms with Crippen molar-refractivity contribution in [3.8, 4) is 22.5 Å². The van der Waals surface area contributed by atoms with Crippen LogP contribution < -0.4 is 0 Å². The zero-order chi connectivity index (χ0) is 32.8. The molecule has 0 amide bonds. The predicted molar refractivity (Wildman–Crippen MR) is 155 cm³/mol. The molecule has 5 aromatic rings. The number of aryl methyl sites for hydroxylation is 6. The van der Waals surface area contributed by atoms with Gasteiger partial charge in [-0.3, -0.25) is 9.97 Å². The molecule has 0 spiro atoms. The number of rotatable bonds is 8. The number of halogens is 1. The van der Waals surface area contributed by atoms with Crippen LogP contribution in [0.4, 0.5) is 0 Å². The molecule has 0 aliphatic heterocycles. The highest BCUT2D eigenvalue weighted by Crippen LogP contribution is 2.24. The van der Waals surface area contributed by atoms with E-state index in [0.717, 1.165) is 17.2 Å². The van der Waals surface area contributed by atoms with Gasteiger partial charge in [-0.1, -0.05) is 78.3 Å². The monoisotopic (exact) mass is 510 g/mol. The minimum Gasteiger partial charge on any atom is -0.256 e. The largest absolute Gasteiger partial charge is 0.256 e. The van der Waals surface area contributed by atoms with Crippen LogP contribution in [-0.2, 0) is 25.5 Å². The molecule has 0 bridgehead atoms. The lowest BCUT2D eigenvalue weighted by atomic mass is 9.97. The molecule has 0 saturated carbocycles. The molecule has 2 nitrogen and oxygen atoms in total. The average Bonchev–Trinajstić information content (AvgIpc) is 3.01. The van der Waals surface area contributed by atoms with E-state index in [0.29, 0.717) is 22.5 Å². The van der Waals surface area contributed by atoms with E-state index in [4.69, 9.17) is 22.6 Å². The predicted octanol–water partition coefficient (Wildman–Crippen LogP) is 8.65. The molecule has 3 heteroatoms. The van der Waals surface area contributed by atoms with E-state index in [1.54, 1.807) is 26.0 Å². The van der Waals surface area contributed by atoms with Gasteiger partial charge in [-0.25, -0.2) is 0 Å². The highest BCUT2D eigenvalue weighted by molar-refractivity contribution is 6.30. The summed E-state index contributed by atoms with van der Waals surface area (Å²) in [6.45, 7) is 3.38. The Balaban J connectivity index is 1.52. The first-order valence-electron chi connectivity index (χ1n) is 15.9. The number of aromatic nitrogens is 2. The van der Waals surface area contributed by atoms with Crippen LogP contribution in [0, 0.1) is 13.8 Å². The molecule has 0 N–H and O–H groups in total. The Morgan fingerprint density at radius 3 is 1.43 bits per heavy atom. The summed E-state index contributed by atoms with van der Waals surface area (Å²) < 4.78 is 71.6. The highest BCUT2D eigenvalue weighted by Gasteiger charge is 2.08. The minimum absolute atomic E-state index is 0.0345. The van der Waals surface area contributed by atoms with Crippen LogP contribution in [-0.4, -0.2) is 9.97 Å². The molecule has 0 saturated heterocycles. The Hall–Kier alpha value is -3.75. The van der Waals surface area contributed by atoms with Gasteiger partial charge in [0.25, 0.3) is 0 Å². The van der Waals surface area contributed by atoms with Crippen LogP contribution in [0.1, 0.15) is 44.3 Å². The van der Waals surface area contributed by atoms with E-state index in [2.05, 4.69) is 9.97 Å². The Bertz CT molecular complexity index is 1710. The van der Waals surface area contributed by atoms with Crippen LogP contribution in [0.2, 0.25) is 5.02 Å². The summed E-state index contributed by atoms with van der Waals surface area (Å²) in [6, 6.07) is 25.8. The zero-order valence-electron chi connectivity index (χ0n) is 28.6. The molecule has 0 radical (unpaired) electrons. The first kappa shape index (κ1) is 16.9. The lowest BCUT2D eigenvalue weighted by molar-refractivity contribution is 0.913. The minimum atomic E-state index is -2.70. The Kier molecular flexibility index (Phi) is 5.27. The molecule has 2 heterocycles. The van der Waals surface area contributed by atoms with E-state index in [9.17, 15) is 0 Å². The molecule has 0 aliphatic carbocycles. The van der Waals surface area contributed by atoms with Gasteiger partial charge in [0.15, 0.2) is 0 Å². The third-order valence-electron chi connectivity index (χ3n) is 5.94. The van der Waals surface area contributed by atoms with Crippen LogP contribution in [0.15, 0.2) is 103 Å². The van der Waals surface area contributed by atoms with Gasteiger partial charge in [-0.15, -0.1) is 0 Å². The van der Waals surface area contributed by atoms with Crippen molar-refractivity contribution in [3.05, 3.63) is 142 Å². The number of pyridine rings is 2. The van der Waals surface area contributed by atoms with Crippen LogP contribution in [0.3, 0.4) is 0 Å². The number of benzene rings is 3. The summed E-state index contributed by atoms with van der Waals surface area (Å²) in [6.07, 6.45) is -7.97. The lowest BCUT2D eigenvalue weighted by Gasteiger charge is -2.11. The van der Waals surface area contributed by atoms with E-state index in [1.807, 2.05) is 60.7 Å². The maximum absolute atomic E-state index is 8.96. The second-order valence-corrected chi connectivity index (χ2v) is 9.17. The summed E-state index contributed by atoms with van der Waals surface area (Å²) in [5, 5.41) is -0.0506. The quantitative estimate of drug-likeness (QED) is 0.209. The van der Waals surface area contributed by atoms with Crippen molar-refractivity contribution in [2.75, 3.05) is 0 Å². The average molecular weight is 511 g/mol. The molecular formula is C34H31ClN2.